The molecule has 4 rings (SSSR count). The maximum absolute atomic E-state index is 13.7. The molecule has 1 unspecified atom stereocenters. The van der Waals surface area contributed by atoms with Gasteiger partial charge in [0.25, 0.3) is 5.91 Å². The fourth-order valence-electron chi connectivity index (χ4n) is 4.53. The van der Waals surface area contributed by atoms with Crippen LogP contribution in [0.5, 0.6) is 5.75 Å². The molecule has 0 heterocycles. The summed E-state index contributed by atoms with van der Waals surface area (Å²) < 4.78 is 5.77. The number of carbonyl (C=O) groups is 2. The minimum Gasteiger partial charge on any atom is -0.484 e. The van der Waals surface area contributed by atoms with Crippen LogP contribution in [0.15, 0.2) is 72.8 Å². The monoisotopic (exact) mass is 558 g/mol. The lowest BCUT2D eigenvalue weighted by Gasteiger charge is -2.32. The second-order valence-corrected chi connectivity index (χ2v) is 10.4. The van der Waals surface area contributed by atoms with E-state index in [9.17, 15) is 9.59 Å². The van der Waals surface area contributed by atoms with E-state index in [4.69, 9.17) is 39.5 Å². The molecule has 1 saturated carbocycles. The fourth-order valence-corrected chi connectivity index (χ4v) is 5.18. The molecule has 8 heteroatoms. The van der Waals surface area contributed by atoms with Crippen LogP contribution in [-0.2, 0) is 22.6 Å². The molecule has 5 nitrogen and oxygen atoms in total. The summed E-state index contributed by atoms with van der Waals surface area (Å²) in [6.07, 6.45) is 4.39. The van der Waals surface area contributed by atoms with Crippen molar-refractivity contribution in [3.63, 3.8) is 0 Å². The Kier molecular flexibility index (Phi) is 9.73. The van der Waals surface area contributed by atoms with Crippen LogP contribution >= 0.6 is 34.8 Å². The van der Waals surface area contributed by atoms with Gasteiger partial charge < -0.3 is 15.0 Å². The van der Waals surface area contributed by atoms with Gasteiger partial charge in [0.05, 0.1) is 0 Å². The minimum absolute atomic E-state index is 0.0664. The Morgan fingerprint density at radius 2 is 1.54 bits per heavy atom. The summed E-state index contributed by atoms with van der Waals surface area (Å²) in [5.74, 6) is -0.0456. The van der Waals surface area contributed by atoms with E-state index in [1.165, 1.54) is 4.90 Å². The van der Waals surface area contributed by atoms with Crippen molar-refractivity contribution in [2.45, 2.75) is 50.7 Å². The zero-order valence-electron chi connectivity index (χ0n) is 20.3. The molecule has 194 valence electrons. The van der Waals surface area contributed by atoms with Crippen molar-refractivity contribution in [1.29, 1.82) is 0 Å². The maximum Gasteiger partial charge on any atom is 0.261 e. The highest BCUT2D eigenvalue weighted by Crippen LogP contribution is 2.28. The molecule has 3 aromatic carbocycles. The molecule has 1 N–H and O–H groups in total. The van der Waals surface area contributed by atoms with Crippen molar-refractivity contribution in [3.05, 3.63) is 99.0 Å². The van der Waals surface area contributed by atoms with E-state index in [0.717, 1.165) is 31.2 Å². The average Bonchev–Trinajstić information content (AvgIpc) is 3.40. The number of amides is 2. The van der Waals surface area contributed by atoms with Gasteiger partial charge in [0, 0.05) is 39.6 Å². The Morgan fingerprint density at radius 1 is 0.892 bits per heavy atom. The largest absolute Gasteiger partial charge is 0.484 e. The number of halogens is 3. The molecule has 1 aliphatic rings. The van der Waals surface area contributed by atoms with E-state index in [0.29, 0.717) is 32.8 Å². The van der Waals surface area contributed by atoms with Gasteiger partial charge >= 0.3 is 0 Å². The molecule has 0 aliphatic heterocycles. The fraction of sp³-hybridized carbons (Fsp3) is 0.310. The van der Waals surface area contributed by atoms with Gasteiger partial charge in [0.2, 0.25) is 5.91 Å². The number of ether oxygens (including phenoxy) is 1. The summed E-state index contributed by atoms with van der Waals surface area (Å²) in [6.45, 7) is -0.192. The predicted octanol–water partition coefficient (Wildman–Crippen LogP) is 6.72. The van der Waals surface area contributed by atoms with Crippen LogP contribution in [0, 0.1) is 0 Å². The third-order valence-electron chi connectivity index (χ3n) is 6.54. The van der Waals surface area contributed by atoms with Crippen molar-refractivity contribution >= 4 is 46.6 Å². The van der Waals surface area contributed by atoms with Crippen molar-refractivity contribution in [1.82, 2.24) is 10.2 Å². The number of nitrogens with one attached hydrogen (secondary N) is 1. The van der Waals surface area contributed by atoms with Gasteiger partial charge in [-0.2, -0.15) is 0 Å². The van der Waals surface area contributed by atoms with Gasteiger partial charge in [-0.1, -0.05) is 84.0 Å². The molecule has 0 radical (unpaired) electrons. The van der Waals surface area contributed by atoms with Crippen LogP contribution in [-0.4, -0.2) is 35.4 Å². The number of hydrogen-bond acceptors (Lipinski definition) is 3. The maximum atomic E-state index is 13.7. The molecule has 37 heavy (non-hydrogen) atoms. The first-order valence-corrected chi connectivity index (χ1v) is 13.5. The smallest absolute Gasteiger partial charge is 0.261 e. The quantitative estimate of drug-likeness (QED) is 0.300. The molecule has 0 spiro atoms. The van der Waals surface area contributed by atoms with E-state index in [2.05, 4.69) is 5.32 Å². The van der Waals surface area contributed by atoms with Gasteiger partial charge in [-0.05, 0) is 54.8 Å². The van der Waals surface area contributed by atoms with Gasteiger partial charge in [-0.25, -0.2) is 0 Å². The normalized spacial score (nSPS) is 14.2. The van der Waals surface area contributed by atoms with Crippen LogP contribution in [0.1, 0.15) is 36.8 Å². The Bertz CT molecular complexity index is 1180. The molecular weight excluding hydrogens is 531 g/mol. The van der Waals surface area contributed by atoms with Crippen LogP contribution in [0.2, 0.25) is 15.1 Å². The lowest BCUT2D eigenvalue weighted by molar-refractivity contribution is -0.143. The molecule has 1 atom stereocenters. The number of nitrogens with zero attached hydrogens (tertiary/aromatic N) is 1. The second-order valence-electron chi connectivity index (χ2n) is 9.16. The molecule has 0 aromatic heterocycles. The third-order valence-corrected chi connectivity index (χ3v) is 7.50. The summed E-state index contributed by atoms with van der Waals surface area (Å²) >= 11 is 18.9. The van der Waals surface area contributed by atoms with E-state index < -0.39 is 6.04 Å². The van der Waals surface area contributed by atoms with E-state index in [1.807, 2.05) is 30.3 Å². The highest BCUT2D eigenvalue weighted by atomic mass is 35.5. The standard InChI is InChI=1S/C29H29Cl3N2O3/c30-21-13-15-23(16-14-21)37-19-28(35)34(18-24-25(31)11-6-12-26(24)32)27(17-20-7-2-1-3-8-20)29(36)33-22-9-4-5-10-22/h1-3,6-8,11-16,22,27H,4-5,9-10,17-19H2,(H,33,36). The molecule has 3 aromatic rings. The van der Waals surface area contributed by atoms with E-state index in [1.54, 1.807) is 42.5 Å². The lowest BCUT2D eigenvalue weighted by atomic mass is 10.0. The van der Waals surface area contributed by atoms with Gasteiger partial charge in [-0.3, -0.25) is 9.59 Å². The second kappa shape index (κ2) is 13.2. The van der Waals surface area contributed by atoms with Crippen molar-refractivity contribution in [2.24, 2.45) is 0 Å². The number of rotatable bonds is 10. The van der Waals surface area contributed by atoms with Gasteiger partial charge in [0.15, 0.2) is 6.61 Å². The predicted molar refractivity (Wildman–Crippen MR) is 148 cm³/mol. The Labute approximate surface area is 232 Å². The third kappa shape index (κ3) is 7.64. The minimum atomic E-state index is -0.781. The summed E-state index contributed by atoms with van der Waals surface area (Å²) in [4.78, 5) is 28.9. The SMILES string of the molecule is O=C(NC1CCCC1)C(Cc1ccccc1)N(Cc1c(Cl)cccc1Cl)C(=O)COc1ccc(Cl)cc1. The van der Waals surface area contributed by atoms with Gasteiger partial charge in [-0.15, -0.1) is 0 Å². The van der Waals surface area contributed by atoms with Crippen molar-refractivity contribution in [2.75, 3.05) is 6.61 Å². The zero-order valence-corrected chi connectivity index (χ0v) is 22.6. The molecule has 0 bridgehead atoms. The first kappa shape index (κ1) is 27.3. The van der Waals surface area contributed by atoms with Crippen LogP contribution in [0.25, 0.3) is 0 Å². The lowest BCUT2D eigenvalue weighted by Crippen LogP contribution is -2.53. The summed E-state index contributed by atoms with van der Waals surface area (Å²) in [7, 11) is 0. The molecule has 1 aliphatic carbocycles. The molecule has 2 amide bonds. The van der Waals surface area contributed by atoms with Crippen molar-refractivity contribution < 1.29 is 14.3 Å². The summed E-state index contributed by atoms with van der Waals surface area (Å²) in [5.41, 5.74) is 1.52. The molecule has 1 fully saturated rings. The molecule has 0 saturated heterocycles. The van der Waals surface area contributed by atoms with Crippen LogP contribution < -0.4 is 10.1 Å². The first-order valence-electron chi connectivity index (χ1n) is 12.4. The molecular formula is C29H29Cl3N2O3. The van der Waals surface area contributed by atoms with Crippen molar-refractivity contribution in [3.8, 4) is 5.75 Å². The Morgan fingerprint density at radius 3 is 2.19 bits per heavy atom. The number of hydrogen-bond donors (Lipinski definition) is 1. The van der Waals surface area contributed by atoms with E-state index >= 15 is 0 Å². The van der Waals surface area contributed by atoms with Crippen LogP contribution in [0.3, 0.4) is 0 Å². The number of carbonyl (C=O) groups excluding carboxylic acids is 2. The highest BCUT2D eigenvalue weighted by molar-refractivity contribution is 6.36. The Balaban J connectivity index is 1.64. The average molecular weight is 560 g/mol. The zero-order chi connectivity index (χ0) is 26.2. The summed E-state index contributed by atoms with van der Waals surface area (Å²) in [5, 5.41) is 4.60. The van der Waals surface area contributed by atoms with E-state index in [-0.39, 0.29) is 31.0 Å². The first-order chi connectivity index (χ1) is 17.9. The van der Waals surface area contributed by atoms with Crippen LogP contribution in [0.4, 0.5) is 0 Å². The number of benzene rings is 3. The summed E-state index contributed by atoms with van der Waals surface area (Å²) in [6, 6.07) is 20.9. The topological polar surface area (TPSA) is 58.6 Å². The van der Waals surface area contributed by atoms with Gasteiger partial charge in [0.1, 0.15) is 11.8 Å². The highest BCUT2D eigenvalue weighted by Gasteiger charge is 2.33. The Hall–Kier alpha value is -2.73.